The molecule has 6 rings (SSSR count). The van der Waals surface area contributed by atoms with Crippen LogP contribution in [0.2, 0.25) is 0 Å². The van der Waals surface area contributed by atoms with Gasteiger partial charge in [0.25, 0.3) is 0 Å². The van der Waals surface area contributed by atoms with E-state index >= 15 is 4.39 Å². The average Bonchev–Trinajstić information content (AvgIpc) is 3.35. The monoisotopic (exact) mass is 576 g/mol. The molecule has 0 saturated heterocycles. The first-order valence-electron chi connectivity index (χ1n) is 14.2. The molecule has 0 bridgehead atoms. The second-order valence-corrected chi connectivity index (χ2v) is 11.1. The number of methoxy groups -OCH3 is 1. The molecule has 1 heterocycles. The average molecular weight is 577 g/mol. The molecule has 0 atom stereocenters. The first-order chi connectivity index (χ1) is 20.9. The number of aryl methyl sites for hydroxylation is 1. The lowest BCUT2D eigenvalue weighted by Crippen LogP contribution is -2.36. The van der Waals surface area contributed by atoms with Crippen LogP contribution in [0.15, 0.2) is 84.9 Å². The molecule has 0 unspecified atom stereocenters. The van der Waals surface area contributed by atoms with E-state index in [4.69, 9.17) is 9.47 Å². The van der Waals surface area contributed by atoms with Gasteiger partial charge in [-0.3, -0.25) is 0 Å². The predicted octanol–water partition coefficient (Wildman–Crippen LogP) is 8.59. The molecule has 4 aromatic carbocycles. The molecule has 1 aliphatic rings. The molecule has 1 aromatic heterocycles. The van der Waals surface area contributed by atoms with Crippen LogP contribution in [0.1, 0.15) is 52.9 Å². The Morgan fingerprint density at radius 3 is 2.33 bits per heavy atom. The maximum atomic E-state index is 15.8. The van der Waals surface area contributed by atoms with Gasteiger partial charge in [-0.2, -0.15) is 5.26 Å². The highest BCUT2D eigenvalue weighted by molar-refractivity contribution is 6.04. The first-order valence-corrected chi connectivity index (χ1v) is 14.2. The standard InChI is InChI=1S/C36H30F2N2O3/c1-23-21-27(13-14-28(23)37)40-30-16-15-29(38)33(43-22-24-7-4-3-5-8-24)32(30)31(34(40)36(19-20-39)17-6-18-36)25-9-11-26(12-10-25)35(41)42-2/h3-5,7-16,21H,6,17-19,22H2,1-2H3. The van der Waals surface area contributed by atoms with Gasteiger partial charge in [0.15, 0.2) is 11.6 Å². The summed E-state index contributed by atoms with van der Waals surface area (Å²) in [6.45, 7) is 1.86. The number of benzene rings is 4. The molecule has 1 fully saturated rings. The number of rotatable bonds is 8. The fourth-order valence-corrected chi connectivity index (χ4v) is 6.16. The summed E-state index contributed by atoms with van der Waals surface area (Å²) in [5, 5.41) is 10.6. The minimum atomic E-state index is -0.516. The highest BCUT2D eigenvalue weighted by atomic mass is 19.1. The number of fused-ring (bicyclic) bond motifs is 1. The van der Waals surface area contributed by atoms with Gasteiger partial charge in [-0.05, 0) is 78.9 Å². The zero-order chi connectivity index (χ0) is 30.1. The van der Waals surface area contributed by atoms with Crippen molar-refractivity contribution < 1.29 is 23.0 Å². The van der Waals surface area contributed by atoms with Gasteiger partial charge in [0, 0.05) is 28.8 Å². The van der Waals surface area contributed by atoms with E-state index < -0.39 is 17.2 Å². The van der Waals surface area contributed by atoms with Gasteiger partial charge < -0.3 is 14.0 Å². The summed E-state index contributed by atoms with van der Waals surface area (Å²) < 4.78 is 43.5. The van der Waals surface area contributed by atoms with Crippen LogP contribution in [0, 0.1) is 29.9 Å². The summed E-state index contributed by atoms with van der Waals surface area (Å²) in [5.41, 5.74) is 4.93. The molecule has 5 nitrogen and oxygen atoms in total. The molecule has 0 radical (unpaired) electrons. The molecule has 1 aliphatic carbocycles. The van der Waals surface area contributed by atoms with Crippen LogP contribution in [0.5, 0.6) is 5.75 Å². The molecule has 43 heavy (non-hydrogen) atoms. The van der Waals surface area contributed by atoms with Crippen molar-refractivity contribution in [3.05, 3.63) is 119 Å². The second-order valence-electron chi connectivity index (χ2n) is 11.1. The molecule has 0 N–H and O–H groups in total. The summed E-state index contributed by atoms with van der Waals surface area (Å²) in [4.78, 5) is 12.2. The van der Waals surface area contributed by atoms with E-state index in [1.807, 2.05) is 47.0 Å². The van der Waals surface area contributed by atoms with Gasteiger partial charge in [0.05, 0.1) is 29.6 Å². The number of aromatic nitrogens is 1. The first kappa shape index (κ1) is 28.2. The number of hydrogen-bond donors (Lipinski definition) is 0. The van der Waals surface area contributed by atoms with E-state index in [2.05, 4.69) is 6.07 Å². The lowest BCUT2D eigenvalue weighted by Gasteiger charge is -2.42. The summed E-state index contributed by atoms with van der Waals surface area (Å²) >= 11 is 0. The van der Waals surface area contributed by atoms with Crippen molar-refractivity contribution in [3.8, 4) is 28.6 Å². The number of esters is 1. The lowest BCUT2D eigenvalue weighted by molar-refractivity contribution is 0.0600. The van der Waals surface area contributed by atoms with E-state index in [9.17, 15) is 14.4 Å². The molecular formula is C36H30F2N2O3. The van der Waals surface area contributed by atoms with Crippen molar-refractivity contribution in [1.82, 2.24) is 4.57 Å². The smallest absolute Gasteiger partial charge is 0.337 e. The molecule has 0 aliphatic heterocycles. The van der Waals surface area contributed by atoms with Gasteiger partial charge in [-0.15, -0.1) is 0 Å². The van der Waals surface area contributed by atoms with Crippen molar-refractivity contribution in [2.24, 2.45) is 0 Å². The largest absolute Gasteiger partial charge is 0.485 e. The van der Waals surface area contributed by atoms with Gasteiger partial charge in [-0.1, -0.05) is 48.9 Å². The molecule has 7 heteroatoms. The lowest BCUT2D eigenvalue weighted by atomic mass is 9.63. The third-order valence-electron chi connectivity index (χ3n) is 8.49. The van der Waals surface area contributed by atoms with Crippen molar-refractivity contribution >= 4 is 16.9 Å². The fourth-order valence-electron chi connectivity index (χ4n) is 6.16. The van der Waals surface area contributed by atoms with Gasteiger partial charge >= 0.3 is 5.97 Å². The number of carbonyl (C=O) groups excluding carboxylic acids is 1. The third kappa shape index (κ3) is 4.93. The molecule has 216 valence electrons. The van der Waals surface area contributed by atoms with Crippen molar-refractivity contribution in [1.29, 1.82) is 5.26 Å². The second kappa shape index (κ2) is 11.4. The Balaban J connectivity index is 1.70. The zero-order valence-electron chi connectivity index (χ0n) is 24.0. The summed E-state index contributed by atoms with van der Waals surface area (Å²) in [6, 6.07) is 26.9. The SMILES string of the molecule is COC(=O)c1ccc(-c2c(C3(CC#N)CCC3)n(-c3ccc(F)c(C)c3)c3ccc(F)c(OCc4ccccc4)c23)cc1. The molecule has 0 spiro atoms. The van der Waals surface area contributed by atoms with Crippen LogP contribution >= 0.6 is 0 Å². The maximum Gasteiger partial charge on any atom is 0.337 e. The molecule has 5 aromatic rings. The van der Waals surface area contributed by atoms with Gasteiger partial charge in [0.1, 0.15) is 12.4 Å². The van der Waals surface area contributed by atoms with Gasteiger partial charge in [-0.25, -0.2) is 13.6 Å². The number of ether oxygens (including phenoxy) is 2. The quantitative estimate of drug-likeness (QED) is 0.174. The van der Waals surface area contributed by atoms with E-state index in [1.165, 1.54) is 19.2 Å². The summed E-state index contributed by atoms with van der Waals surface area (Å²) in [6.07, 6.45) is 2.75. The fraction of sp³-hybridized carbons (Fsp3) is 0.222. The normalized spacial score (nSPS) is 13.7. The topological polar surface area (TPSA) is 64.2 Å². The number of nitrogens with zero attached hydrogens (tertiary/aromatic N) is 2. The van der Waals surface area contributed by atoms with Crippen LogP contribution in [0.25, 0.3) is 27.7 Å². The Kier molecular flexibility index (Phi) is 7.45. The minimum absolute atomic E-state index is 0.0960. The van der Waals surface area contributed by atoms with Crippen LogP contribution in [-0.2, 0) is 16.8 Å². The minimum Gasteiger partial charge on any atom is -0.485 e. The molecule has 1 saturated carbocycles. The van der Waals surface area contributed by atoms with Crippen LogP contribution in [0.3, 0.4) is 0 Å². The number of hydrogen-bond acceptors (Lipinski definition) is 4. The Morgan fingerprint density at radius 2 is 1.70 bits per heavy atom. The number of carbonyl (C=O) groups is 1. The summed E-state index contributed by atoms with van der Waals surface area (Å²) in [7, 11) is 1.33. The van der Waals surface area contributed by atoms with E-state index in [0.29, 0.717) is 27.7 Å². The Hall–Kier alpha value is -4.96. The van der Waals surface area contributed by atoms with E-state index in [0.717, 1.165) is 41.6 Å². The van der Waals surface area contributed by atoms with Crippen LogP contribution < -0.4 is 4.74 Å². The van der Waals surface area contributed by atoms with Crippen molar-refractivity contribution in [2.75, 3.05) is 7.11 Å². The van der Waals surface area contributed by atoms with Crippen LogP contribution in [0.4, 0.5) is 8.78 Å². The van der Waals surface area contributed by atoms with Gasteiger partial charge in [0.2, 0.25) is 0 Å². The van der Waals surface area contributed by atoms with E-state index in [1.54, 1.807) is 37.3 Å². The van der Waals surface area contributed by atoms with Crippen LogP contribution in [-0.4, -0.2) is 17.6 Å². The number of nitriles is 1. The Labute approximate surface area is 248 Å². The maximum absolute atomic E-state index is 15.8. The van der Waals surface area contributed by atoms with Crippen molar-refractivity contribution in [2.45, 2.75) is 44.6 Å². The van der Waals surface area contributed by atoms with Crippen molar-refractivity contribution in [3.63, 3.8) is 0 Å². The third-order valence-corrected chi connectivity index (χ3v) is 8.49. The predicted molar refractivity (Wildman–Crippen MR) is 161 cm³/mol. The highest BCUT2D eigenvalue weighted by Crippen LogP contribution is 2.54. The van der Waals surface area contributed by atoms with E-state index in [-0.39, 0.29) is 24.6 Å². The highest BCUT2D eigenvalue weighted by Gasteiger charge is 2.44. The summed E-state index contributed by atoms with van der Waals surface area (Å²) in [5.74, 6) is -1.21. The molecule has 0 amide bonds. The molecular weight excluding hydrogens is 546 g/mol. The number of halogens is 2. The Bertz CT molecular complexity index is 1870. The zero-order valence-corrected chi connectivity index (χ0v) is 24.0. The Morgan fingerprint density at radius 1 is 0.977 bits per heavy atom.